The van der Waals surface area contributed by atoms with Gasteiger partial charge in [-0.25, -0.2) is 0 Å². The number of unbranched alkanes of at least 4 members (excludes halogenated alkanes) is 2. The minimum Gasteiger partial charge on any atom is -0.350 e. The van der Waals surface area contributed by atoms with E-state index in [4.69, 9.17) is 0 Å². The van der Waals surface area contributed by atoms with Gasteiger partial charge in [0.2, 0.25) is 11.8 Å². The summed E-state index contributed by atoms with van der Waals surface area (Å²) in [5, 5.41) is 5.98. The monoisotopic (exact) mass is 386 g/mol. The Morgan fingerprint density at radius 2 is 1.50 bits per heavy atom. The number of hydrogen-bond donors (Lipinski definition) is 3. The van der Waals surface area contributed by atoms with Crippen LogP contribution in [0.1, 0.15) is 87.5 Å². The summed E-state index contributed by atoms with van der Waals surface area (Å²) in [4.78, 5) is 24.9. The topological polar surface area (TPSA) is 58.2 Å². The zero-order valence-corrected chi connectivity index (χ0v) is 19.1. The lowest BCUT2D eigenvalue weighted by atomic mass is 9.87. The van der Waals surface area contributed by atoms with Crippen LogP contribution in [0, 0.1) is 16.7 Å². The number of thiol groups is 1. The van der Waals surface area contributed by atoms with E-state index in [-0.39, 0.29) is 29.2 Å². The molecule has 0 fully saturated rings. The van der Waals surface area contributed by atoms with Crippen LogP contribution in [0.15, 0.2) is 0 Å². The molecule has 0 spiro atoms. The fraction of sp³-hybridized carbons (Fsp3) is 0.905. The van der Waals surface area contributed by atoms with Crippen molar-refractivity contribution < 1.29 is 9.59 Å². The number of rotatable bonds is 10. The maximum absolute atomic E-state index is 12.7. The molecule has 0 saturated carbocycles. The molecular weight excluding hydrogens is 344 g/mol. The van der Waals surface area contributed by atoms with Crippen LogP contribution >= 0.6 is 12.6 Å². The molecule has 154 valence electrons. The molecule has 0 bridgehead atoms. The van der Waals surface area contributed by atoms with Gasteiger partial charge in [-0.05, 0) is 29.6 Å². The first-order valence-corrected chi connectivity index (χ1v) is 10.6. The largest absolute Gasteiger partial charge is 0.350 e. The summed E-state index contributed by atoms with van der Waals surface area (Å²) in [6, 6.07) is -0.532. The van der Waals surface area contributed by atoms with Crippen molar-refractivity contribution in [1.29, 1.82) is 0 Å². The molecule has 0 rings (SSSR count). The van der Waals surface area contributed by atoms with Gasteiger partial charge in [-0.1, -0.05) is 68.2 Å². The predicted molar refractivity (Wildman–Crippen MR) is 115 cm³/mol. The van der Waals surface area contributed by atoms with Crippen LogP contribution in [0.4, 0.5) is 0 Å². The zero-order chi connectivity index (χ0) is 20.5. The van der Waals surface area contributed by atoms with E-state index in [1.54, 1.807) is 0 Å². The van der Waals surface area contributed by atoms with Crippen molar-refractivity contribution in [3.63, 3.8) is 0 Å². The van der Waals surface area contributed by atoms with Crippen LogP contribution in [0.25, 0.3) is 0 Å². The van der Waals surface area contributed by atoms with E-state index >= 15 is 0 Å². The molecule has 0 aliphatic rings. The van der Waals surface area contributed by atoms with Gasteiger partial charge in [0.25, 0.3) is 0 Å². The highest BCUT2D eigenvalue weighted by Gasteiger charge is 2.30. The van der Waals surface area contributed by atoms with Crippen LogP contribution in [0.2, 0.25) is 0 Å². The predicted octanol–water partition coefficient (Wildman–Crippen LogP) is 4.58. The molecule has 0 saturated heterocycles. The van der Waals surface area contributed by atoms with Gasteiger partial charge in [0.15, 0.2) is 0 Å². The Hall–Kier alpha value is -0.710. The Balaban J connectivity index is 4.49. The first kappa shape index (κ1) is 25.3. The average molecular weight is 387 g/mol. The van der Waals surface area contributed by atoms with Crippen molar-refractivity contribution in [3.8, 4) is 0 Å². The van der Waals surface area contributed by atoms with Crippen molar-refractivity contribution in [2.75, 3.05) is 5.75 Å². The molecule has 2 amide bonds. The molecule has 5 heteroatoms. The first-order chi connectivity index (χ1) is 11.8. The van der Waals surface area contributed by atoms with Gasteiger partial charge in [-0.3, -0.25) is 9.59 Å². The van der Waals surface area contributed by atoms with Gasteiger partial charge < -0.3 is 10.6 Å². The molecule has 0 aromatic carbocycles. The second-order valence-electron chi connectivity index (χ2n) is 10.0. The Morgan fingerprint density at radius 3 is 1.92 bits per heavy atom. The summed E-state index contributed by atoms with van der Waals surface area (Å²) < 4.78 is 0. The van der Waals surface area contributed by atoms with Gasteiger partial charge in [0, 0.05) is 18.2 Å². The van der Waals surface area contributed by atoms with Crippen molar-refractivity contribution in [1.82, 2.24) is 10.6 Å². The lowest BCUT2D eigenvalue weighted by Crippen LogP contribution is -2.55. The molecule has 26 heavy (non-hydrogen) atoms. The molecule has 0 aromatic rings. The van der Waals surface area contributed by atoms with E-state index in [0.29, 0.717) is 17.6 Å². The maximum Gasteiger partial charge on any atom is 0.243 e. The summed E-state index contributed by atoms with van der Waals surface area (Å²) in [5.41, 5.74) is 0.273. The molecule has 0 radical (unpaired) electrons. The maximum atomic E-state index is 12.7. The second kappa shape index (κ2) is 11.2. The Kier molecular flexibility index (Phi) is 10.9. The van der Waals surface area contributed by atoms with E-state index in [9.17, 15) is 9.59 Å². The third-order valence-electron chi connectivity index (χ3n) is 4.64. The Morgan fingerprint density at radius 1 is 0.923 bits per heavy atom. The van der Waals surface area contributed by atoms with Gasteiger partial charge in [-0.15, -0.1) is 0 Å². The van der Waals surface area contributed by atoms with Crippen LogP contribution in [-0.2, 0) is 9.59 Å². The SMILES string of the molecule is CC(C)[C@H](NC(=O)CCCCCC(C)(C)C)C(=O)N[C@@H](CS)C(C)(C)C. The van der Waals surface area contributed by atoms with Gasteiger partial charge >= 0.3 is 0 Å². The number of carbonyl (C=O) groups is 2. The minimum absolute atomic E-state index is 0.0334. The highest BCUT2D eigenvalue weighted by molar-refractivity contribution is 7.80. The molecule has 4 nitrogen and oxygen atoms in total. The van der Waals surface area contributed by atoms with Crippen LogP contribution in [-0.4, -0.2) is 29.7 Å². The van der Waals surface area contributed by atoms with E-state index in [0.717, 1.165) is 19.3 Å². The second-order valence-corrected chi connectivity index (χ2v) is 10.4. The molecular formula is C21H42N2O2S. The van der Waals surface area contributed by atoms with Crippen LogP contribution < -0.4 is 10.6 Å². The van der Waals surface area contributed by atoms with Crippen molar-refractivity contribution in [2.24, 2.45) is 16.7 Å². The number of hydrogen-bond acceptors (Lipinski definition) is 3. The molecule has 0 aliphatic heterocycles. The fourth-order valence-corrected chi connectivity index (χ4v) is 3.33. The number of amides is 2. The van der Waals surface area contributed by atoms with Crippen LogP contribution in [0.3, 0.4) is 0 Å². The Bertz CT molecular complexity index is 436. The summed E-state index contributed by atoms with van der Waals surface area (Å²) in [7, 11) is 0. The van der Waals surface area contributed by atoms with Gasteiger partial charge in [0.05, 0.1) is 0 Å². The van der Waals surface area contributed by atoms with E-state index in [1.807, 2.05) is 13.8 Å². The molecule has 0 unspecified atom stereocenters. The van der Waals surface area contributed by atoms with Gasteiger partial charge in [0.1, 0.15) is 6.04 Å². The molecule has 0 aliphatic carbocycles. The standard InChI is InChI=1S/C21H42N2O2S/c1-15(2)18(19(25)22-16(14-26)21(6,7)8)23-17(24)12-10-9-11-13-20(3,4)5/h15-16,18,26H,9-14H2,1-8H3,(H,22,25)(H,23,24)/t16-,18-/m0/s1. The van der Waals surface area contributed by atoms with Gasteiger partial charge in [-0.2, -0.15) is 12.6 Å². The molecule has 0 heterocycles. The smallest absolute Gasteiger partial charge is 0.243 e. The Labute approximate surface area is 167 Å². The van der Waals surface area contributed by atoms with Crippen molar-refractivity contribution >= 4 is 24.4 Å². The van der Waals surface area contributed by atoms with E-state index < -0.39 is 6.04 Å². The minimum atomic E-state index is -0.498. The normalized spacial score (nSPS) is 14.8. The fourth-order valence-electron chi connectivity index (χ4n) is 2.70. The third-order valence-corrected chi connectivity index (χ3v) is 5.01. The van der Waals surface area contributed by atoms with E-state index in [2.05, 4.69) is 64.8 Å². The first-order valence-electron chi connectivity index (χ1n) is 9.98. The summed E-state index contributed by atoms with van der Waals surface area (Å²) in [6.45, 7) is 16.9. The average Bonchev–Trinajstić information content (AvgIpc) is 2.46. The molecule has 2 N–H and O–H groups in total. The zero-order valence-electron chi connectivity index (χ0n) is 18.2. The quantitative estimate of drug-likeness (QED) is 0.380. The molecule has 2 atom stereocenters. The van der Waals surface area contributed by atoms with Crippen LogP contribution in [0.5, 0.6) is 0 Å². The summed E-state index contributed by atoms with van der Waals surface area (Å²) in [5.74, 6) is 0.463. The van der Waals surface area contributed by atoms with E-state index in [1.165, 1.54) is 6.42 Å². The molecule has 0 aromatic heterocycles. The lowest BCUT2D eigenvalue weighted by molar-refractivity contribution is -0.130. The lowest BCUT2D eigenvalue weighted by Gasteiger charge is -2.32. The third kappa shape index (κ3) is 11.1. The highest BCUT2D eigenvalue weighted by atomic mass is 32.1. The summed E-state index contributed by atoms with van der Waals surface area (Å²) >= 11 is 4.36. The summed E-state index contributed by atoms with van der Waals surface area (Å²) in [6.07, 6.45) is 4.71. The number of nitrogens with one attached hydrogen (secondary N) is 2. The van der Waals surface area contributed by atoms with Crippen molar-refractivity contribution in [3.05, 3.63) is 0 Å². The number of carbonyl (C=O) groups excluding carboxylic acids is 2. The van der Waals surface area contributed by atoms with Crippen molar-refractivity contribution in [2.45, 2.75) is 99.6 Å². The highest BCUT2D eigenvalue weighted by Crippen LogP contribution is 2.22.